The van der Waals surface area contributed by atoms with E-state index in [4.69, 9.17) is 5.73 Å². The van der Waals surface area contributed by atoms with Crippen molar-refractivity contribution >= 4 is 43.5 Å². The lowest BCUT2D eigenvalue weighted by Gasteiger charge is -2.09. The molecule has 0 saturated carbocycles. The Labute approximate surface area is 97.3 Å². The number of carbonyl (C=O) groups excluding carboxylic acids is 1. The summed E-state index contributed by atoms with van der Waals surface area (Å²) < 4.78 is 5.39. The molecule has 0 aliphatic carbocycles. The molecule has 0 bridgehead atoms. The first-order valence-electron chi connectivity index (χ1n) is 3.53. The highest BCUT2D eigenvalue weighted by molar-refractivity contribution is 9.11. The molecule has 0 aliphatic heterocycles. The van der Waals surface area contributed by atoms with E-state index in [0.717, 1.165) is 0 Å². The molecule has 0 radical (unpaired) electrons. The molecule has 1 aromatic carbocycles. The fourth-order valence-electron chi connectivity index (χ4n) is 0.937. The van der Waals surface area contributed by atoms with E-state index in [1.165, 1.54) is 13.2 Å². The smallest absolute Gasteiger partial charge is 0.341 e. The Hall–Kier alpha value is -0.750. The Morgan fingerprint density at radius 1 is 1.50 bits per heavy atom. The summed E-state index contributed by atoms with van der Waals surface area (Å²) in [6, 6.07) is 1.53. The van der Waals surface area contributed by atoms with Gasteiger partial charge in [-0.15, -0.1) is 0 Å². The molecule has 6 heteroatoms. The Bertz CT molecular complexity index is 393. The minimum absolute atomic E-state index is 0.0156. The van der Waals surface area contributed by atoms with E-state index in [0.29, 0.717) is 8.95 Å². The van der Waals surface area contributed by atoms with E-state index >= 15 is 0 Å². The molecular formula is C8H7Br2NO3. The van der Waals surface area contributed by atoms with Crippen LogP contribution in [0.15, 0.2) is 15.0 Å². The minimum Gasteiger partial charge on any atom is -0.505 e. The number of phenolic OH excluding ortho intramolecular Hbond substituents is 1. The third-order valence-electron chi connectivity index (χ3n) is 1.63. The zero-order valence-electron chi connectivity index (χ0n) is 7.17. The zero-order chi connectivity index (χ0) is 10.9. The summed E-state index contributed by atoms with van der Waals surface area (Å²) in [5.74, 6) is -0.772. The highest BCUT2D eigenvalue weighted by Gasteiger charge is 2.19. The van der Waals surface area contributed by atoms with Gasteiger partial charge in [0.15, 0.2) is 5.75 Å². The molecular weight excluding hydrogens is 318 g/mol. The van der Waals surface area contributed by atoms with Crippen LogP contribution in [0.4, 0.5) is 5.69 Å². The number of nitrogen functional groups attached to an aromatic ring is 1. The molecule has 0 amide bonds. The summed E-state index contributed by atoms with van der Waals surface area (Å²) in [5.41, 5.74) is 5.65. The van der Waals surface area contributed by atoms with Crippen molar-refractivity contribution in [2.24, 2.45) is 0 Å². The van der Waals surface area contributed by atoms with Crippen LogP contribution < -0.4 is 5.73 Å². The molecule has 0 aromatic heterocycles. The third kappa shape index (κ3) is 1.85. The monoisotopic (exact) mass is 323 g/mol. The summed E-state index contributed by atoms with van der Waals surface area (Å²) in [6.07, 6.45) is 0. The molecule has 0 spiro atoms. The number of anilines is 1. The number of hydrogen-bond acceptors (Lipinski definition) is 4. The van der Waals surface area contributed by atoms with Crippen LogP contribution in [-0.2, 0) is 4.74 Å². The van der Waals surface area contributed by atoms with Crippen molar-refractivity contribution in [1.29, 1.82) is 0 Å². The van der Waals surface area contributed by atoms with Crippen LogP contribution in [0.3, 0.4) is 0 Å². The number of rotatable bonds is 1. The molecule has 14 heavy (non-hydrogen) atoms. The predicted octanol–water partition coefficient (Wildman–Crippen LogP) is 2.29. The number of benzene rings is 1. The minimum atomic E-state index is -0.600. The summed E-state index contributed by atoms with van der Waals surface area (Å²) >= 11 is 6.24. The SMILES string of the molecule is COC(=O)c1c(Br)cc(Br)c(O)c1N. The van der Waals surface area contributed by atoms with E-state index in [1.807, 2.05) is 0 Å². The van der Waals surface area contributed by atoms with Gasteiger partial charge in [-0.1, -0.05) is 0 Å². The van der Waals surface area contributed by atoms with E-state index in [1.54, 1.807) is 0 Å². The van der Waals surface area contributed by atoms with Crippen molar-refractivity contribution in [3.05, 3.63) is 20.6 Å². The lowest BCUT2D eigenvalue weighted by Crippen LogP contribution is -2.07. The van der Waals surface area contributed by atoms with Crippen molar-refractivity contribution in [2.75, 3.05) is 12.8 Å². The van der Waals surface area contributed by atoms with Gasteiger partial charge in [-0.3, -0.25) is 0 Å². The Morgan fingerprint density at radius 3 is 2.57 bits per heavy atom. The van der Waals surface area contributed by atoms with Crippen LogP contribution in [0.5, 0.6) is 5.75 Å². The highest BCUT2D eigenvalue weighted by Crippen LogP contribution is 2.37. The average molecular weight is 325 g/mol. The average Bonchev–Trinajstić information content (AvgIpc) is 2.14. The van der Waals surface area contributed by atoms with Gasteiger partial charge in [0, 0.05) is 4.47 Å². The van der Waals surface area contributed by atoms with Crippen LogP contribution in [0.1, 0.15) is 10.4 Å². The molecule has 0 fully saturated rings. The Morgan fingerprint density at radius 2 is 2.07 bits per heavy atom. The molecule has 0 heterocycles. The van der Waals surface area contributed by atoms with Crippen LogP contribution in [0.25, 0.3) is 0 Å². The highest BCUT2D eigenvalue weighted by atomic mass is 79.9. The van der Waals surface area contributed by atoms with Crippen molar-refractivity contribution < 1.29 is 14.6 Å². The molecule has 0 atom stereocenters. The molecule has 3 N–H and O–H groups in total. The normalized spacial score (nSPS) is 9.93. The van der Waals surface area contributed by atoms with Gasteiger partial charge in [-0.05, 0) is 37.9 Å². The van der Waals surface area contributed by atoms with E-state index < -0.39 is 5.97 Å². The number of carbonyl (C=O) groups is 1. The maximum Gasteiger partial charge on any atom is 0.341 e. The molecule has 4 nitrogen and oxygen atoms in total. The van der Waals surface area contributed by atoms with Crippen LogP contribution in [-0.4, -0.2) is 18.2 Å². The van der Waals surface area contributed by atoms with Gasteiger partial charge >= 0.3 is 5.97 Å². The van der Waals surface area contributed by atoms with Gasteiger partial charge in [0.05, 0.1) is 17.3 Å². The largest absolute Gasteiger partial charge is 0.505 e. The standard InChI is InChI=1S/C8H7Br2NO3/c1-14-8(13)5-3(9)2-4(10)7(12)6(5)11/h2,12H,11H2,1H3. The maximum absolute atomic E-state index is 11.3. The second-order valence-electron chi connectivity index (χ2n) is 2.47. The van der Waals surface area contributed by atoms with Gasteiger partial charge in [-0.25, -0.2) is 4.79 Å². The molecule has 76 valence electrons. The van der Waals surface area contributed by atoms with Crippen molar-refractivity contribution in [3.63, 3.8) is 0 Å². The lowest BCUT2D eigenvalue weighted by atomic mass is 10.1. The van der Waals surface area contributed by atoms with Crippen LogP contribution in [0, 0.1) is 0 Å². The quantitative estimate of drug-likeness (QED) is 0.472. The van der Waals surface area contributed by atoms with Gasteiger partial charge in [0.2, 0.25) is 0 Å². The number of halogens is 2. The third-order valence-corrected chi connectivity index (χ3v) is 2.86. The van der Waals surface area contributed by atoms with Gasteiger partial charge in [-0.2, -0.15) is 0 Å². The maximum atomic E-state index is 11.3. The number of nitrogens with two attached hydrogens (primary N) is 1. The van der Waals surface area contributed by atoms with Gasteiger partial charge in [0.25, 0.3) is 0 Å². The molecule has 0 saturated heterocycles. The first kappa shape index (κ1) is 11.3. The van der Waals surface area contributed by atoms with Crippen LogP contribution >= 0.6 is 31.9 Å². The second kappa shape index (κ2) is 4.18. The van der Waals surface area contributed by atoms with E-state index in [2.05, 4.69) is 36.6 Å². The number of aromatic hydroxyl groups is 1. The number of methoxy groups -OCH3 is 1. The molecule has 1 aromatic rings. The van der Waals surface area contributed by atoms with E-state index in [-0.39, 0.29) is 17.0 Å². The van der Waals surface area contributed by atoms with Gasteiger partial charge in [0.1, 0.15) is 5.56 Å². The van der Waals surface area contributed by atoms with Crippen molar-refractivity contribution in [1.82, 2.24) is 0 Å². The first-order valence-corrected chi connectivity index (χ1v) is 5.12. The summed E-state index contributed by atoms with van der Waals surface area (Å²) in [6.45, 7) is 0. The van der Waals surface area contributed by atoms with Gasteiger partial charge < -0.3 is 15.6 Å². The predicted molar refractivity (Wildman–Crippen MR) is 59.3 cm³/mol. The Kier molecular flexibility index (Phi) is 3.38. The second-order valence-corrected chi connectivity index (χ2v) is 4.18. The summed E-state index contributed by atoms with van der Waals surface area (Å²) in [5, 5.41) is 9.46. The number of ether oxygens (including phenoxy) is 1. The number of hydrogen-bond donors (Lipinski definition) is 2. The topological polar surface area (TPSA) is 72.5 Å². The van der Waals surface area contributed by atoms with E-state index in [9.17, 15) is 9.90 Å². The Balaban J connectivity index is 3.44. The molecule has 1 rings (SSSR count). The fraction of sp³-hybridized carbons (Fsp3) is 0.125. The first-order chi connectivity index (χ1) is 6.49. The van der Waals surface area contributed by atoms with Crippen molar-refractivity contribution in [3.8, 4) is 5.75 Å². The lowest BCUT2D eigenvalue weighted by molar-refractivity contribution is 0.0600. The number of phenols is 1. The van der Waals surface area contributed by atoms with Crippen molar-refractivity contribution in [2.45, 2.75) is 0 Å². The van der Waals surface area contributed by atoms with Crippen LogP contribution in [0.2, 0.25) is 0 Å². The summed E-state index contributed by atoms with van der Waals surface area (Å²) in [4.78, 5) is 11.3. The fourth-order valence-corrected chi connectivity index (χ4v) is 2.29. The zero-order valence-corrected chi connectivity index (χ0v) is 10.3. The molecule has 0 unspecified atom stereocenters. The summed E-state index contributed by atoms with van der Waals surface area (Å²) in [7, 11) is 1.24. The molecule has 0 aliphatic rings. The number of esters is 1.